The summed E-state index contributed by atoms with van der Waals surface area (Å²) in [4.78, 5) is 2.55. The van der Waals surface area contributed by atoms with Gasteiger partial charge in [-0.25, -0.2) is 0 Å². The van der Waals surface area contributed by atoms with Crippen LogP contribution in [-0.2, 0) is 13.6 Å². The van der Waals surface area contributed by atoms with Crippen molar-refractivity contribution in [3.63, 3.8) is 0 Å². The molecule has 4 heteroatoms. The first-order valence-corrected chi connectivity index (χ1v) is 7.24. The normalized spacial score (nSPS) is 17.5. The van der Waals surface area contributed by atoms with Gasteiger partial charge in [-0.1, -0.05) is 6.92 Å². The number of aromatic nitrogens is 1. The van der Waals surface area contributed by atoms with Gasteiger partial charge in [0.1, 0.15) is 11.8 Å². The lowest BCUT2D eigenvalue weighted by Gasteiger charge is -2.32. The summed E-state index contributed by atoms with van der Waals surface area (Å²) in [6, 6.07) is 4.80. The van der Waals surface area contributed by atoms with Crippen LogP contribution in [0.5, 0.6) is 0 Å². The van der Waals surface area contributed by atoms with Gasteiger partial charge in [-0.3, -0.25) is 0 Å². The molecule has 2 heterocycles. The lowest BCUT2D eigenvalue weighted by molar-refractivity contribution is 0.197. The molecule has 1 aliphatic heterocycles. The van der Waals surface area contributed by atoms with E-state index in [1.54, 1.807) is 0 Å². The van der Waals surface area contributed by atoms with Crippen molar-refractivity contribution in [2.24, 2.45) is 7.05 Å². The number of nitriles is 1. The number of hydrogen-bond donors (Lipinski definition) is 1. The van der Waals surface area contributed by atoms with E-state index in [1.165, 1.54) is 44.5 Å². The zero-order valence-corrected chi connectivity index (χ0v) is 12.0. The van der Waals surface area contributed by atoms with Crippen molar-refractivity contribution >= 4 is 0 Å². The van der Waals surface area contributed by atoms with Gasteiger partial charge in [0.25, 0.3) is 0 Å². The molecule has 0 amide bonds. The molecule has 1 fully saturated rings. The van der Waals surface area contributed by atoms with E-state index in [1.807, 2.05) is 23.9 Å². The van der Waals surface area contributed by atoms with Crippen molar-refractivity contribution in [1.29, 1.82) is 5.26 Å². The van der Waals surface area contributed by atoms with Crippen LogP contribution in [0.15, 0.2) is 12.3 Å². The van der Waals surface area contributed by atoms with E-state index in [-0.39, 0.29) is 0 Å². The van der Waals surface area contributed by atoms with Crippen LogP contribution >= 0.6 is 0 Å². The van der Waals surface area contributed by atoms with Gasteiger partial charge in [-0.05, 0) is 50.5 Å². The molecule has 1 N–H and O–H groups in total. The number of aryl methyl sites for hydroxylation is 1. The Morgan fingerprint density at radius 1 is 1.42 bits per heavy atom. The van der Waals surface area contributed by atoms with E-state index >= 15 is 0 Å². The molecule has 1 aliphatic rings. The zero-order valence-electron chi connectivity index (χ0n) is 12.0. The first kappa shape index (κ1) is 14.1. The molecule has 0 unspecified atom stereocenters. The fraction of sp³-hybridized carbons (Fsp3) is 0.667. The van der Waals surface area contributed by atoms with Crippen molar-refractivity contribution in [1.82, 2.24) is 14.8 Å². The second kappa shape index (κ2) is 6.74. The average Bonchev–Trinajstić information content (AvgIpc) is 2.79. The minimum absolute atomic E-state index is 0.624. The van der Waals surface area contributed by atoms with Crippen molar-refractivity contribution in [3.05, 3.63) is 23.5 Å². The minimum atomic E-state index is 0.624. The van der Waals surface area contributed by atoms with Crippen LogP contribution in [-0.4, -0.2) is 35.1 Å². The van der Waals surface area contributed by atoms with E-state index in [2.05, 4.69) is 23.2 Å². The SMILES string of the molecule is CCCN1CCC(NCc2cc(C#N)n(C)c2)CC1. The quantitative estimate of drug-likeness (QED) is 0.879. The standard InChI is InChI=1S/C15H24N4/c1-3-6-19-7-4-14(5-8-19)17-11-13-9-15(10-16)18(2)12-13/h9,12,14,17H,3-8,11H2,1-2H3. The van der Waals surface area contributed by atoms with E-state index < -0.39 is 0 Å². The summed E-state index contributed by atoms with van der Waals surface area (Å²) in [5.41, 5.74) is 1.93. The second-order valence-electron chi connectivity index (χ2n) is 5.45. The molecule has 0 radical (unpaired) electrons. The van der Waals surface area contributed by atoms with Crippen molar-refractivity contribution in [3.8, 4) is 6.07 Å². The molecule has 4 nitrogen and oxygen atoms in total. The smallest absolute Gasteiger partial charge is 0.120 e. The Hall–Kier alpha value is -1.31. The maximum atomic E-state index is 8.93. The van der Waals surface area contributed by atoms with Crippen LogP contribution in [0.4, 0.5) is 0 Å². The lowest BCUT2D eigenvalue weighted by Crippen LogP contribution is -2.42. The third kappa shape index (κ3) is 3.82. The molecule has 0 saturated carbocycles. The molecule has 19 heavy (non-hydrogen) atoms. The largest absolute Gasteiger partial charge is 0.342 e. The van der Waals surface area contributed by atoms with Crippen molar-refractivity contribution < 1.29 is 0 Å². The summed E-state index contributed by atoms with van der Waals surface area (Å²) in [5, 5.41) is 12.5. The van der Waals surface area contributed by atoms with Gasteiger partial charge in [0.15, 0.2) is 0 Å². The monoisotopic (exact) mass is 260 g/mol. The van der Waals surface area contributed by atoms with Gasteiger partial charge >= 0.3 is 0 Å². The topological polar surface area (TPSA) is 44.0 Å². The van der Waals surface area contributed by atoms with E-state index in [0.717, 1.165) is 12.2 Å². The van der Waals surface area contributed by atoms with Crippen LogP contribution in [0.25, 0.3) is 0 Å². The number of nitrogens with one attached hydrogen (secondary N) is 1. The van der Waals surface area contributed by atoms with Gasteiger partial charge in [0, 0.05) is 25.8 Å². The number of nitrogens with zero attached hydrogens (tertiary/aromatic N) is 3. The second-order valence-corrected chi connectivity index (χ2v) is 5.45. The third-order valence-corrected chi connectivity index (χ3v) is 3.90. The molecule has 1 saturated heterocycles. The van der Waals surface area contributed by atoms with Crippen LogP contribution < -0.4 is 5.32 Å². The summed E-state index contributed by atoms with van der Waals surface area (Å²) in [6.07, 6.45) is 5.76. The maximum absolute atomic E-state index is 8.93. The molecule has 0 aromatic carbocycles. The van der Waals surface area contributed by atoms with Crippen molar-refractivity contribution in [2.75, 3.05) is 19.6 Å². The predicted octanol–water partition coefficient (Wildman–Crippen LogP) is 1.86. The average molecular weight is 260 g/mol. The van der Waals surface area contributed by atoms with Crippen LogP contribution in [0.2, 0.25) is 0 Å². The summed E-state index contributed by atoms with van der Waals surface area (Å²) in [5.74, 6) is 0. The summed E-state index contributed by atoms with van der Waals surface area (Å²) in [7, 11) is 1.92. The molecular weight excluding hydrogens is 236 g/mol. The highest BCUT2D eigenvalue weighted by molar-refractivity contribution is 5.28. The van der Waals surface area contributed by atoms with Crippen LogP contribution in [0.3, 0.4) is 0 Å². The third-order valence-electron chi connectivity index (χ3n) is 3.90. The van der Waals surface area contributed by atoms with Gasteiger partial charge in [0.05, 0.1) is 0 Å². The van der Waals surface area contributed by atoms with Crippen molar-refractivity contribution in [2.45, 2.75) is 38.8 Å². The fourth-order valence-corrected chi connectivity index (χ4v) is 2.78. The minimum Gasteiger partial charge on any atom is -0.342 e. The van der Waals surface area contributed by atoms with E-state index in [0.29, 0.717) is 6.04 Å². The van der Waals surface area contributed by atoms with E-state index in [4.69, 9.17) is 5.26 Å². The van der Waals surface area contributed by atoms with Crippen LogP contribution in [0.1, 0.15) is 37.4 Å². The molecule has 104 valence electrons. The lowest BCUT2D eigenvalue weighted by atomic mass is 10.0. The zero-order chi connectivity index (χ0) is 13.7. The van der Waals surface area contributed by atoms with Crippen LogP contribution in [0, 0.1) is 11.3 Å². The Bertz CT molecular complexity index is 435. The molecule has 0 aliphatic carbocycles. The molecule has 1 aromatic rings. The number of rotatable bonds is 5. The summed E-state index contributed by atoms with van der Waals surface area (Å²) < 4.78 is 1.89. The highest BCUT2D eigenvalue weighted by Crippen LogP contribution is 2.12. The summed E-state index contributed by atoms with van der Waals surface area (Å²) in [6.45, 7) is 6.77. The fourth-order valence-electron chi connectivity index (χ4n) is 2.78. The Morgan fingerprint density at radius 3 is 2.74 bits per heavy atom. The van der Waals surface area contributed by atoms with Gasteiger partial charge in [-0.2, -0.15) is 5.26 Å². The van der Waals surface area contributed by atoms with E-state index in [9.17, 15) is 0 Å². The number of hydrogen-bond acceptors (Lipinski definition) is 3. The number of piperidine rings is 1. The van der Waals surface area contributed by atoms with Gasteiger partial charge in [0.2, 0.25) is 0 Å². The Kier molecular flexibility index (Phi) is 5.00. The maximum Gasteiger partial charge on any atom is 0.120 e. The first-order valence-electron chi connectivity index (χ1n) is 7.24. The first-order chi connectivity index (χ1) is 9.22. The Morgan fingerprint density at radius 2 is 2.16 bits per heavy atom. The Balaban J connectivity index is 1.76. The summed E-state index contributed by atoms with van der Waals surface area (Å²) >= 11 is 0. The molecular formula is C15H24N4. The Labute approximate surface area is 116 Å². The molecule has 2 rings (SSSR count). The van der Waals surface area contributed by atoms with Gasteiger partial charge in [-0.15, -0.1) is 0 Å². The highest BCUT2D eigenvalue weighted by atomic mass is 15.1. The predicted molar refractivity (Wildman–Crippen MR) is 76.7 cm³/mol. The molecule has 1 aromatic heterocycles. The highest BCUT2D eigenvalue weighted by Gasteiger charge is 2.18. The molecule has 0 atom stereocenters. The molecule has 0 spiro atoms. The number of likely N-dealkylation sites (tertiary alicyclic amines) is 1. The van der Waals surface area contributed by atoms with Gasteiger partial charge < -0.3 is 14.8 Å². The molecule has 0 bridgehead atoms.